The highest BCUT2D eigenvalue weighted by Gasteiger charge is 1.83. The first kappa shape index (κ1) is 20.7. The second-order valence-corrected chi connectivity index (χ2v) is 5.56. The predicted molar refractivity (Wildman–Crippen MR) is 103 cm³/mol. The molecule has 0 atom stereocenters. The summed E-state index contributed by atoms with van der Waals surface area (Å²) in [5.41, 5.74) is 0. The van der Waals surface area contributed by atoms with Crippen LogP contribution >= 0.6 is 0 Å². The zero-order chi connectivity index (χ0) is 16.1. The van der Waals surface area contributed by atoms with Gasteiger partial charge in [0.1, 0.15) is 0 Å². The van der Waals surface area contributed by atoms with Crippen LogP contribution in [0.25, 0.3) is 0 Å². The molecule has 0 radical (unpaired) electrons. The van der Waals surface area contributed by atoms with Crippen LogP contribution < -0.4 is 0 Å². The highest BCUT2D eigenvalue weighted by atomic mass is 13.9. The van der Waals surface area contributed by atoms with Gasteiger partial charge in [0.05, 0.1) is 0 Å². The minimum atomic E-state index is 1.05. The van der Waals surface area contributed by atoms with Crippen LogP contribution in [0.1, 0.15) is 78.1 Å². The van der Waals surface area contributed by atoms with E-state index in [4.69, 9.17) is 0 Å². The van der Waals surface area contributed by atoms with Crippen LogP contribution in [-0.2, 0) is 0 Å². The zero-order valence-corrected chi connectivity index (χ0v) is 14.8. The molecule has 0 saturated heterocycles. The van der Waals surface area contributed by atoms with Gasteiger partial charge in [0.25, 0.3) is 0 Å². The second kappa shape index (κ2) is 19.7. The topological polar surface area (TPSA) is 0 Å². The summed E-state index contributed by atoms with van der Waals surface area (Å²) in [6.45, 7) is 4.43. The van der Waals surface area contributed by atoms with E-state index in [1.165, 1.54) is 32.1 Å². The highest BCUT2D eigenvalue weighted by molar-refractivity contribution is 5.00. The summed E-state index contributed by atoms with van der Waals surface area (Å²) in [7, 11) is 0. The molecule has 0 aromatic carbocycles. The van der Waals surface area contributed by atoms with Gasteiger partial charge >= 0.3 is 0 Å². The SMILES string of the molecule is CC/C=C\C/C=C\C/C=C\C/C=C\C/C=C\CCCCCC. The highest BCUT2D eigenvalue weighted by Crippen LogP contribution is 2.03. The summed E-state index contributed by atoms with van der Waals surface area (Å²) in [6, 6.07) is 0. The first-order valence-electron chi connectivity index (χ1n) is 9.16. The van der Waals surface area contributed by atoms with Crippen molar-refractivity contribution >= 4 is 0 Å². The maximum absolute atomic E-state index is 2.33. The van der Waals surface area contributed by atoms with Gasteiger partial charge in [0.2, 0.25) is 0 Å². The molecule has 0 spiro atoms. The van der Waals surface area contributed by atoms with E-state index in [-0.39, 0.29) is 0 Å². The van der Waals surface area contributed by atoms with Gasteiger partial charge in [-0.1, -0.05) is 93.9 Å². The molecule has 0 bridgehead atoms. The summed E-state index contributed by atoms with van der Waals surface area (Å²) >= 11 is 0. The normalized spacial score (nSPS) is 13.0. The average Bonchev–Trinajstić information content (AvgIpc) is 2.54. The minimum absolute atomic E-state index is 1.05. The van der Waals surface area contributed by atoms with Crippen molar-refractivity contribution in [3.05, 3.63) is 60.8 Å². The molecule has 0 rings (SSSR count). The lowest BCUT2D eigenvalue weighted by Gasteiger charge is -1.93. The Morgan fingerprint density at radius 2 is 0.909 bits per heavy atom. The Morgan fingerprint density at radius 1 is 0.455 bits per heavy atom. The van der Waals surface area contributed by atoms with Crippen LogP contribution in [0.5, 0.6) is 0 Å². The summed E-state index contributed by atoms with van der Waals surface area (Å²) in [6.07, 6.45) is 34.6. The largest absolute Gasteiger partial charge is 0.0885 e. The van der Waals surface area contributed by atoms with E-state index in [0.29, 0.717) is 0 Å². The maximum atomic E-state index is 2.33. The summed E-state index contributed by atoms with van der Waals surface area (Å²) < 4.78 is 0. The molecule has 0 nitrogen and oxygen atoms in total. The van der Waals surface area contributed by atoms with E-state index in [9.17, 15) is 0 Å². The van der Waals surface area contributed by atoms with E-state index < -0.39 is 0 Å². The van der Waals surface area contributed by atoms with Crippen molar-refractivity contribution in [3.63, 3.8) is 0 Å². The van der Waals surface area contributed by atoms with E-state index in [0.717, 1.165) is 32.1 Å². The lowest BCUT2D eigenvalue weighted by atomic mass is 10.1. The number of allylic oxidation sites excluding steroid dienone is 10. The molecule has 0 aromatic rings. The number of rotatable bonds is 14. The van der Waals surface area contributed by atoms with E-state index in [1.54, 1.807) is 0 Å². The standard InChI is InChI=1S/C22H36/c1-3-5-7-9-11-13-15-17-19-21-22-20-18-16-14-12-10-8-6-4-2/h5,7,11,13-14,16-17,19-20,22H,3-4,6,8-10,12,15,18,21H2,1-2H3/b7-5-,13-11-,16-14-,19-17-,22-20-. The Kier molecular flexibility index (Phi) is 18.5. The van der Waals surface area contributed by atoms with Crippen LogP contribution in [0.4, 0.5) is 0 Å². The van der Waals surface area contributed by atoms with E-state index in [1.807, 2.05) is 0 Å². The van der Waals surface area contributed by atoms with Crippen molar-refractivity contribution < 1.29 is 0 Å². The first-order chi connectivity index (χ1) is 10.9. The molecule has 0 aromatic heterocycles. The molecule has 0 aliphatic carbocycles. The Labute approximate surface area is 139 Å². The third kappa shape index (κ3) is 18.7. The molecule has 22 heavy (non-hydrogen) atoms. The molecular weight excluding hydrogens is 264 g/mol. The second-order valence-electron chi connectivity index (χ2n) is 5.56. The van der Waals surface area contributed by atoms with Crippen molar-refractivity contribution in [1.29, 1.82) is 0 Å². The van der Waals surface area contributed by atoms with E-state index in [2.05, 4.69) is 74.6 Å². The predicted octanol–water partition coefficient (Wildman–Crippen LogP) is 7.71. The zero-order valence-electron chi connectivity index (χ0n) is 14.8. The third-order valence-corrected chi connectivity index (χ3v) is 3.38. The van der Waals surface area contributed by atoms with Gasteiger partial charge in [-0.3, -0.25) is 0 Å². The fourth-order valence-corrected chi connectivity index (χ4v) is 2.06. The number of unbranched alkanes of at least 4 members (excludes halogenated alkanes) is 4. The summed E-state index contributed by atoms with van der Waals surface area (Å²) in [4.78, 5) is 0. The maximum Gasteiger partial charge on any atom is -0.0169 e. The monoisotopic (exact) mass is 300 g/mol. The van der Waals surface area contributed by atoms with Gasteiger partial charge in [0, 0.05) is 0 Å². The number of hydrogen-bond acceptors (Lipinski definition) is 0. The van der Waals surface area contributed by atoms with Crippen LogP contribution in [0, 0.1) is 0 Å². The van der Waals surface area contributed by atoms with Crippen molar-refractivity contribution in [2.75, 3.05) is 0 Å². The third-order valence-electron chi connectivity index (χ3n) is 3.38. The van der Waals surface area contributed by atoms with Gasteiger partial charge in [-0.15, -0.1) is 0 Å². The number of hydrogen-bond donors (Lipinski definition) is 0. The average molecular weight is 301 g/mol. The molecule has 0 unspecified atom stereocenters. The molecular formula is C22H36. The Balaban J connectivity index is 3.40. The summed E-state index contributed by atoms with van der Waals surface area (Å²) in [5.74, 6) is 0. The quantitative estimate of drug-likeness (QED) is 0.227. The van der Waals surface area contributed by atoms with Gasteiger partial charge in [-0.25, -0.2) is 0 Å². The van der Waals surface area contributed by atoms with Gasteiger partial charge in [-0.2, -0.15) is 0 Å². The van der Waals surface area contributed by atoms with Crippen molar-refractivity contribution in [2.24, 2.45) is 0 Å². The van der Waals surface area contributed by atoms with Crippen LogP contribution in [-0.4, -0.2) is 0 Å². The molecule has 0 N–H and O–H groups in total. The van der Waals surface area contributed by atoms with Gasteiger partial charge in [-0.05, 0) is 44.9 Å². The van der Waals surface area contributed by atoms with Crippen LogP contribution in [0.2, 0.25) is 0 Å². The molecule has 0 aliphatic heterocycles. The molecule has 0 amide bonds. The van der Waals surface area contributed by atoms with Crippen LogP contribution in [0.15, 0.2) is 60.8 Å². The smallest absolute Gasteiger partial charge is 0.0169 e. The molecule has 124 valence electrons. The lowest BCUT2D eigenvalue weighted by Crippen LogP contribution is -1.73. The van der Waals surface area contributed by atoms with Crippen LogP contribution in [0.3, 0.4) is 0 Å². The first-order valence-corrected chi connectivity index (χ1v) is 9.16. The molecule has 0 saturated carbocycles. The van der Waals surface area contributed by atoms with Crippen molar-refractivity contribution in [3.8, 4) is 0 Å². The minimum Gasteiger partial charge on any atom is -0.0885 e. The summed E-state index contributed by atoms with van der Waals surface area (Å²) in [5, 5.41) is 0. The molecule has 0 heteroatoms. The van der Waals surface area contributed by atoms with E-state index >= 15 is 0 Å². The Morgan fingerprint density at radius 3 is 1.36 bits per heavy atom. The fraction of sp³-hybridized carbons (Fsp3) is 0.545. The molecule has 0 fully saturated rings. The Bertz CT molecular complexity index is 339. The van der Waals surface area contributed by atoms with Crippen molar-refractivity contribution in [2.45, 2.75) is 78.1 Å². The molecule has 0 aliphatic rings. The molecule has 0 heterocycles. The lowest BCUT2D eigenvalue weighted by molar-refractivity contribution is 0.674. The van der Waals surface area contributed by atoms with Gasteiger partial charge < -0.3 is 0 Å². The van der Waals surface area contributed by atoms with Gasteiger partial charge in [0.15, 0.2) is 0 Å². The Hall–Kier alpha value is -1.30. The fourth-order valence-electron chi connectivity index (χ4n) is 2.06. The van der Waals surface area contributed by atoms with Crippen molar-refractivity contribution in [1.82, 2.24) is 0 Å².